The third kappa shape index (κ3) is 5.13. The van der Waals surface area contributed by atoms with Crippen molar-refractivity contribution in [3.05, 3.63) is 16.5 Å². The highest BCUT2D eigenvalue weighted by molar-refractivity contribution is 7.18. The standard InChI is InChI=1S/C15H24N2O3S/c1-9-7-11(17-14(19)15(3,4)5)21-12(9)13(18)16-10(2)8-20-6/h7,10H,8H2,1-6H3,(H,16,18)(H,17,19). The molecule has 0 aliphatic rings. The molecule has 2 amide bonds. The molecular formula is C15H24N2O3S. The lowest BCUT2D eigenvalue weighted by Crippen LogP contribution is -2.35. The predicted octanol–water partition coefficient (Wildman–Crippen LogP) is 2.81. The zero-order chi connectivity index (χ0) is 16.2. The van der Waals surface area contributed by atoms with E-state index in [1.54, 1.807) is 7.11 Å². The molecule has 0 aliphatic heterocycles. The number of carbonyl (C=O) groups is 2. The molecule has 0 aromatic carbocycles. The van der Waals surface area contributed by atoms with Crippen molar-refractivity contribution in [3.63, 3.8) is 0 Å². The molecule has 0 bridgehead atoms. The zero-order valence-electron chi connectivity index (χ0n) is 13.5. The van der Waals surface area contributed by atoms with Gasteiger partial charge in [-0.15, -0.1) is 11.3 Å². The smallest absolute Gasteiger partial charge is 0.261 e. The van der Waals surface area contributed by atoms with Crippen LogP contribution in [0.2, 0.25) is 0 Å². The van der Waals surface area contributed by atoms with Crippen molar-refractivity contribution in [2.45, 2.75) is 40.7 Å². The van der Waals surface area contributed by atoms with Gasteiger partial charge in [-0.25, -0.2) is 0 Å². The van der Waals surface area contributed by atoms with Gasteiger partial charge in [0.2, 0.25) is 5.91 Å². The van der Waals surface area contributed by atoms with Crippen LogP contribution in [0.1, 0.15) is 42.9 Å². The Labute approximate surface area is 130 Å². The predicted molar refractivity (Wildman–Crippen MR) is 85.9 cm³/mol. The third-order valence-electron chi connectivity index (χ3n) is 2.84. The minimum atomic E-state index is -0.465. The van der Waals surface area contributed by atoms with Gasteiger partial charge in [-0.1, -0.05) is 20.8 Å². The second-order valence-electron chi connectivity index (χ2n) is 6.16. The van der Waals surface area contributed by atoms with Gasteiger partial charge in [0.15, 0.2) is 0 Å². The van der Waals surface area contributed by atoms with E-state index in [1.165, 1.54) is 11.3 Å². The number of anilines is 1. The van der Waals surface area contributed by atoms with E-state index in [9.17, 15) is 9.59 Å². The van der Waals surface area contributed by atoms with Gasteiger partial charge in [0.1, 0.15) is 0 Å². The number of hydrogen-bond acceptors (Lipinski definition) is 4. The lowest BCUT2D eigenvalue weighted by Gasteiger charge is -2.16. The summed E-state index contributed by atoms with van der Waals surface area (Å²) in [4.78, 5) is 24.8. The van der Waals surface area contributed by atoms with Gasteiger partial charge in [-0.2, -0.15) is 0 Å². The molecule has 5 nitrogen and oxygen atoms in total. The Bertz CT molecular complexity index is 517. The number of amides is 2. The van der Waals surface area contributed by atoms with E-state index in [4.69, 9.17) is 4.74 Å². The van der Waals surface area contributed by atoms with E-state index < -0.39 is 5.41 Å². The number of ether oxygens (including phenoxy) is 1. The number of aryl methyl sites for hydroxylation is 1. The SMILES string of the molecule is COCC(C)NC(=O)c1sc(NC(=O)C(C)(C)C)cc1C. The first-order chi connectivity index (χ1) is 9.65. The summed E-state index contributed by atoms with van der Waals surface area (Å²) in [5.74, 6) is -0.207. The molecule has 21 heavy (non-hydrogen) atoms. The maximum atomic E-state index is 12.2. The fraction of sp³-hybridized carbons (Fsp3) is 0.600. The molecule has 1 unspecified atom stereocenters. The van der Waals surface area contributed by atoms with Crippen LogP contribution in [-0.2, 0) is 9.53 Å². The second-order valence-corrected chi connectivity index (χ2v) is 7.21. The van der Waals surface area contributed by atoms with Gasteiger partial charge >= 0.3 is 0 Å². The minimum Gasteiger partial charge on any atom is -0.383 e. The molecule has 1 aromatic heterocycles. The van der Waals surface area contributed by atoms with Crippen molar-refractivity contribution >= 4 is 28.2 Å². The summed E-state index contributed by atoms with van der Waals surface area (Å²) in [7, 11) is 1.60. The molecule has 2 N–H and O–H groups in total. The molecule has 0 spiro atoms. The molecule has 1 aromatic rings. The van der Waals surface area contributed by atoms with E-state index in [0.29, 0.717) is 16.5 Å². The van der Waals surface area contributed by atoms with Crippen LogP contribution in [0.4, 0.5) is 5.00 Å². The minimum absolute atomic E-state index is 0.0587. The Balaban J connectivity index is 2.78. The Hall–Kier alpha value is -1.40. The maximum absolute atomic E-state index is 12.2. The Morgan fingerprint density at radius 1 is 1.38 bits per heavy atom. The second kappa shape index (κ2) is 7.04. The Kier molecular flexibility index (Phi) is 5.92. The molecule has 0 aliphatic carbocycles. The number of thiophene rings is 1. The van der Waals surface area contributed by atoms with Crippen molar-refractivity contribution in [1.29, 1.82) is 0 Å². The van der Waals surface area contributed by atoms with Crippen molar-refractivity contribution in [2.75, 3.05) is 19.0 Å². The van der Waals surface area contributed by atoms with E-state index in [2.05, 4.69) is 10.6 Å². The zero-order valence-corrected chi connectivity index (χ0v) is 14.3. The van der Waals surface area contributed by atoms with E-state index in [1.807, 2.05) is 40.7 Å². The number of carbonyl (C=O) groups excluding carboxylic acids is 2. The largest absolute Gasteiger partial charge is 0.383 e. The quantitative estimate of drug-likeness (QED) is 0.878. The van der Waals surface area contributed by atoms with E-state index >= 15 is 0 Å². The van der Waals surface area contributed by atoms with Gasteiger partial charge in [0, 0.05) is 18.6 Å². The van der Waals surface area contributed by atoms with Crippen molar-refractivity contribution in [3.8, 4) is 0 Å². The number of methoxy groups -OCH3 is 1. The lowest BCUT2D eigenvalue weighted by molar-refractivity contribution is -0.123. The van der Waals surface area contributed by atoms with Crippen LogP contribution >= 0.6 is 11.3 Å². The van der Waals surface area contributed by atoms with Gasteiger partial charge in [-0.05, 0) is 25.5 Å². The van der Waals surface area contributed by atoms with Crippen LogP contribution in [0.15, 0.2) is 6.07 Å². The van der Waals surface area contributed by atoms with Crippen LogP contribution in [0.3, 0.4) is 0 Å². The fourth-order valence-corrected chi connectivity index (χ4v) is 2.62. The van der Waals surface area contributed by atoms with Crippen LogP contribution in [0.5, 0.6) is 0 Å². The molecule has 6 heteroatoms. The highest BCUT2D eigenvalue weighted by Gasteiger charge is 2.23. The Morgan fingerprint density at radius 3 is 2.52 bits per heavy atom. The molecule has 0 radical (unpaired) electrons. The number of nitrogens with one attached hydrogen (secondary N) is 2. The number of rotatable bonds is 5. The lowest BCUT2D eigenvalue weighted by atomic mass is 9.96. The number of hydrogen-bond donors (Lipinski definition) is 2. The van der Waals surface area contributed by atoms with Gasteiger partial charge in [-0.3, -0.25) is 9.59 Å². The third-order valence-corrected chi connectivity index (χ3v) is 3.99. The highest BCUT2D eigenvalue weighted by atomic mass is 32.1. The normalized spacial score (nSPS) is 12.9. The van der Waals surface area contributed by atoms with Crippen molar-refractivity contribution in [2.24, 2.45) is 5.41 Å². The van der Waals surface area contributed by atoms with E-state index in [-0.39, 0.29) is 17.9 Å². The first-order valence-corrected chi connectivity index (χ1v) is 7.68. The molecule has 118 valence electrons. The fourth-order valence-electron chi connectivity index (χ4n) is 1.65. The molecule has 0 saturated carbocycles. The summed E-state index contributed by atoms with van der Waals surface area (Å²) in [5, 5.41) is 6.41. The van der Waals surface area contributed by atoms with Gasteiger partial charge in [0.25, 0.3) is 5.91 Å². The van der Waals surface area contributed by atoms with E-state index in [0.717, 1.165) is 5.56 Å². The first kappa shape index (κ1) is 17.7. The van der Waals surface area contributed by atoms with Gasteiger partial charge < -0.3 is 15.4 Å². The average molecular weight is 312 g/mol. The highest BCUT2D eigenvalue weighted by Crippen LogP contribution is 2.28. The maximum Gasteiger partial charge on any atom is 0.261 e. The molecule has 1 heterocycles. The molecule has 1 atom stereocenters. The summed E-state index contributed by atoms with van der Waals surface area (Å²) in [6.07, 6.45) is 0. The van der Waals surface area contributed by atoms with Gasteiger partial charge in [0.05, 0.1) is 16.5 Å². The Morgan fingerprint density at radius 2 is 2.00 bits per heavy atom. The summed E-state index contributed by atoms with van der Waals surface area (Å²) in [6.45, 7) is 9.75. The van der Waals surface area contributed by atoms with Crippen molar-refractivity contribution in [1.82, 2.24) is 5.32 Å². The van der Waals surface area contributed by atoms with Crippen LogP contribution < -0.4 is 10.6 Å². The molecule has 1 rings (SSSR count). The van der Waals surface area contributed by atoms with Crippen LogP contribution in [0, 0.1) is 12.3 Å². The first-order valence-electron chi connectivity index (χ1n) is 6.87. The molecular weight excluding hydrogens is 288 g/mol. The summed E-state index contributed by atoms with van der Waals surface area (Å²) in [5.41, 5.74) is 0.388. The summed E-state index contributed by atoms with van der Waals surface area (Å²) in [6, 6.07) is 1.76. The summed E-state index contributed by atoms with van der Waals surface area (Å²) < 4.78 is 5.00. The monoisotopic (exact) mass is 312 g/mol. The topological polar surface area (TPSA) is 67.4 Å². The van der Waals surface area contributed by atoms with Crippen LogP contribution in [0.25, 0.3) is 0 Å². The summed E-state index contributed by atoms with van der Waals surface area (Å²) >= 11 is 1.29. The average Bonchev–Trinajstić information content (AvgIpc) is 2.69. The van der Waals surface area contributed by atoms with Crippen molar-refractivity contribution < 1.29 is 14.3 Å². The molecule has 0 fully saturated rings. The molecule has 0 saturated heterocycles. The van der Waals surface area contributed by atoms with Crippen LogP contribution in [-0.4, -0.2) is 31.6 Å².